The van der Waals surface area contributed by atoms with E-state index in [1.165, 1.54) is 0 Å². The number of thioether (sulfide) groups is 2. The van der Waals surface area contributed by atoms with Crippen molar-refractivity contribution in [2.24, 2.45) is 5.11 Å². The van der Waals surface area contributed by atoms with Gasteiger partial charge >= 0.3 is 0 Å². The van der Waals surface area contributed by atoms with Gasteiger partial charge in [0, 0.05) is 11.5 Å². The summed E-state index contributed by atoms with van der Waals surface area (Å²) < 4.78 is 0. The largest absolute Gasteiger partial charge is 0.294 e. The minimum absolute atomic E-state index is 0.131. The number of unbranched alkanes of at least 4 members (excludes halogenated alkanes) is 1. The Labute approximate surface area is 105 Å². The van der Waals surface area contributed by atoms with Gasteiger partial charge in [-0.3, -0.25) is 4.79 Å². The average molecular weight is 259 g/mol. The van der Waals surface area contributed by atoms with E-state index in [0.29, 0.717) is 6.54 Å². The molecule has 0 fully saturated rings. The highest BCUT2D eigenvalue weighted by molar-refractivity contribution is 8.07. The number of azide groups is 1. The van der Waals surface area contributed by atoms with Crippen molar-refractivity contribution in [1.82, 2.24) is 0 Å². The van der Waals surface area contributed by atoms with Crippen LogP contribution in [0.3, 0.4) is 0 Å². The molecule has 0 unspecified atom stereocenters. The Hall–Kier alpha value is -0.580. The molecule has 0 saturated heterocycles. The van der Waals surface area contributed by atoms with E-state index in [2.05, 4.69) is 10.0 Å². The van der Waals surface area contributed by atoms with Crippen molar-refractivity contribution in [2.75, 3.05) is 18.6 Å². The molecule has 4 nitrogen and oxygen atoms in total. The molecule has 90 valence electrons. The molecule has 16 heavy (non-hydrogen) atoms. The minimum atomic E-state index is 0.131. The van der Waals surface area contributed by atoms with Crippen molar-refractivity contribution < 1.29 is 4.79 Å². The van der Waals surface area contributed by atoms with Gasteiger partial charge in [-0.2, -0.15) is 0 Å². The van der Waals surface area contributed by atoms with Crippen LogP contribution in [0.25, 0.3) is 10.4 Å². The Kier molecular flexibility index (Phi) is 9.28. The molecule has 6 heteroatoms. The van der Waals surface area contributed by atoms with Crippen LogP contribution in [0.4, 0.5) is 0 Å². The normalized spacial score (nSPS) is 11.7. The fourth-order valence-corrected chi connectivity index (χ4v) is 2.76. The summed E-state index contributed by atoms with van der Waals surface area (Å²) in [7, 11) is 0. The molecule has 0 aliphatic rings. The number of hydrogen-bond donors (Lipinski definition) is 0. The first kappa shape index (κ1) is 15.4. The van der Waals surface area contributed by atoms with Gasteiger partial charge in [-0.05, 0) is 49.1 Å². The Morgan fingerprint density at radius 2 is 2.06 bits per heavy atom. The maximum Gasteiger partial charge on any atom is 0.166 e. The molecule has 0 bridgehead atoms. The fraction of sp³-hybridized carbons (Fsp3) is 0.700. The number of hydrogen-bond acceptors (Lipinski definition) is 4. The van der Waals surface area contributed by atoms with Gasteiger partial charge in [0.25, 0.3) is 0 Å². The van der Waals surface area contributed by atoms with Crippen LogP contribution < -0.4 is 0 Å². The first-order chi connectivity index (χ1) is 7.63. The second-order valence-electron chi connectivity index (χ2n) is 3.16. The number of nitrogens with zero attached hydrogens (tertiary/aromatic N) is 3. The number of Topliss-reactive ketones (excluding diaryl/α,β-unsaturated/α-hetero) is 1. The van der Waals surface area contributed by atoms with Crippen molar-refractivity contribution >= 4 is 29.3 Å². The lowest BCUT2D eigenvalue weighted by Gasteiger charge is -2.06. The molecular formula is C10H17N3OS2. The van der Waals surface area contributed by atoms with Crippen molar-refractivity contribution in [3.8, 4) is 0 Å². The van der Waals surface area contributed by atoms with Crippen LogP contribution in [-0.4, -0.2) is 24.3 Å². The van der Waals surface area contributed by atoms with E-state index in [0.717, 1.165) is 28.4 Å². The van der Waals surface area contributed by atoms with Gasteiger partial charge in [-0.15, -0.1) is 23.5 Å². The molecule has 0 aromatic heterocycles. The average Bonchev–Trinajstić information content (AvgIpc) is 2.26. The molecule has 0 atom stereocenters. The van der Waals surface area contributed by atoms with Crippen LogP contribution in [-0.2, 0) is 4.79 Å². The molecule has 0 amide bonds. The van der Waals surface area contributed by atoms with Gasteiger partial charge in [0.05, 0.1) is 4.91 Å². The quantitative estimate of drug-likeness (QED) is 0.217. The Morgan fingerprint density at radius 1 is 1.38 bits per heavy atom. The first-order valence-corrected chi connectivity index (χ1v) is 7.24. The van der Waals surface area contributed by atoms with Gasteiger partial charge in [0.2, 0.25) is 0 Å². The summed E-state index contributed by atoms with van der Waals surface area (Å²) in [6, 6.07) is 0. The summed E-state index contributed by atoms with van der Waals surface area (Å²) in [5.41, 5.74) is 8.09. The number of rotatable bonds is 8. The lowest BCUT2D eigenvalue weighted by atomic mass is 10.3. The molecule has 0 aromatic carbocycles. The molecule has 0 radical (unpaired) electrons. The smallest absolute Gasteiger partial charge is 0.166 e. The van der Waals surface area contributed by atoms with Crippen LogP contribution in [0, 0.1) is 0 Å². The van der Waals surface area contributed by atoms with Crippen LogP contribution >= 0.6 is 23.5 Å². The predicted octanol–water partition coefficient (Wildman–Crippen LogP) is 3.99. The lowest BCUT2D eigenvalue weighted by Crippen LogP contribution is -1.96. The van der Waals surface area contributed by atoms with Crippen LogP contribution in [0.15, 0.2) is 14.9 Å². The van der Waals surface area contributed by atoms with E-state index in [1.807, 2.05) is 13.2 Å². The zero-order valence-corrected chi connectivity index (χ0v) is 11.5. The summed E-state index contributed by atoms with van der Waals surface area (Å²) in [4.78, 5) is 16.0. The van der Waals surface area contributed by atoms with E-state index in [-0.39, 0.29) is 5.78 Å². The maximum absolute atomic E-state index is 11.4. The summed E-state index contributed by atoms with van der Waals surface area (Å²) in [5.74, 6) is 1.03. The van der Waals surface area contributed by atoms with E-state index in [1.54, 1.807) is 30.4 Å². The fourth-order valence-electron chi connectivity index (χ4n) is 1.05. The van der Waals surface area contributed by atoms with Gasteiger partial charge in [0.1, 0.15) is 0 Å². The highest BCUT2D eigenvalue weighted by Gasteiger charge is 2.08. The topological polar surface area (TPSA) is 65.8 Å². The van der Waals surface area contributed by atoms with Gasteiger partial charge in [0.15, 0.2) is 5.78 Å². The van der Waals surface area contributed by atoms with Gasteiger partial charge in [-0.1, -0.05) is 5.11 Å². The van der Waals surface area contributed by atoms with Crippen molar-refractivity contribution in [3.63, 3.8) is 0 Å². The van der Waals surface area contributed by atoms with Crippen molar-refractivity contribution in [2.45, 2.75) is 26.7 Å². The molecule has 0 rings (SSSR count). The third-order valence-electron chi connectivity index (χ3n) is 1.91. The number of carbonyl (C=O) groups is 1. The summed E-state index contributed by atoms with van der Waals surface area (Å²) >= 11 is 3.20. The summed E-state index contributed by atoms with van der Waals surface area (Å²) in [6.45, 7) is 4.11. The number of ketones is 1. The SMILES string of the molecule is CS/C(C)=C(/SCCCCN=[N+]=[N-])C(C)=O. The summed E-state index contributed by atoms with van der Waals surface area (Å²) in [6.07, 6.45) is 3.81. The Bertz CT molecular complexity index is 309. The lowest BCUT2D eigenvalue weighted by molar-refractivity contribution is -0.112. The number of allylic oxidation sites excluding steroid dienone is 2. The zero-order valence-electron chi connectivity index (χ0n) is 9.89. The van der Waals surface area contributed by atoms with Gasteiger partial charge in [-0.25, -0.2) is 0 Å². The molecule has 0 saturated carbocycles. The third kappa shape index (κ3) is 6.82. The van der Waals surface area contributed by atoms with Crippen molar-refractivity contribution in [1.29, 1.82) is 0 Å². The predicted molar refractivity (Wildman–Crippen MR) is 72.6 cm³/mol. The molecule has 0 aromatic rings. The summed E-state index contributed by atoms with van der Waals surface area (Å²) in [5, 5.41) is 3.46. The standard InChI is InChI=1S/C10H17N3OS2/c1-8(14)10(9(2)15-3)16-7-5-4-6-12-13-11/h4-7H2,1-3H3/b10-9+. The minimum Gasteiger partial charge on any atom is -0.294 e. The second kappa shape index (κ2) is 9.63. The second-order valence-corrected chi connectivity index (χ2v) is 5.28. The zero-order chi connectivity index (χ0) is 12.4. The molecule has 0 aliphatic heterocycles. The van der Waals surface area contributed by atoms with Crippen LogP contribution in [0.2, 0.25) is 0 Å². The highest BCUT2D eigenvalue weighted by Crippen LogP contribution is 2.27. The van der Waals surface area contributed by atoms with E-state index in [4.69, 9.17) is 5.53 Å². The monoisotopic (exact) mass is 259 g/mol. The highest BCUT2D eigenvalue weighted by atomic mass is 32.2. The van der Waals surface area contributed by atoms with E-state index < -0.39 is 0 Å². The maximum atomic E-state index is 11.4. The van der Waals surface area contributed by atoms with E-state index in [9.17, 15) is 4.79 Å². The van der Waals surface area contributed by atoms with Crippen LogP contribution in [0.5, 0.6) is 0 Å². The first-order valence-electron chi connectivity index (χ1n) is 5.03. The molecule has 0 heterocycles. The van der Waals surface area contributed by atoms with Crippen LogP contribution in [0.1, 0.15) is 26.7 Å². The molecule has 0 aliphatic carbocycles. The van der Waals surface area contributed by atoms with Crippen molar-refractivity contribution in [3.05, 3.63) is 20.3 Å². The third-order valence-corrected chi connectivity index (χ3v) is 4.23. The Morgan fingerprint density at radius 3 is 2.56 bits per heavy atom. The molecule has 0 N–H and O–H groups in total. The molecule has 0 spiro atoms. The van der Waals surface area contributed by atoms with Gasteiger partial charge < -0.3 is 0 Å². The Balaban J connectivity index is 3.96. The van der Waals surface area contributed by atoms with E-state index >= 15 is 0 Å². The number of carbonyl (C=O) groups excluding carboxylic acids is 1. The molecular weight excluding hydrogens is 242 g/mol.